The van der Waals surface area contributed by atoms with Crippen molar-refractivity contribution in [2.45, 2.75) is 0 Å². The van der Waals surface area contributed by atoms with Crippen LogP contribution in [-0.4, -0.2) is 5.91 Å². The minimum Gasteiger partial charge on any atom is -0.359 e. The highest BCUT2D eigenvalue weighted by Gasteiger charge is 2.02. The van der Waals surface area contributed by atoms with Crippen molar-refractivity contribution in [3.8, 4) is 23.0 Å². The highest BCUT2D eigenvalue weighted by atomic mass is 79.9. The first-order chi connectivity index (χ1) is 8.66. The molecule has 0 radical (unpaired) electrons. The van der Waals surface area contributed by atoms with E-state index in [9.17, 15) is 4.79 Å². The summed E-state index contributed by atoms with van der Waals surface area (Å²) in [6.07, 6.45) is 0. The standard InChI is InChI=1S/C15H10BrNO/c16-13-8-5-12(6-9-13)14-4-2-1-3-11(14)7-10-15(17)18/h1-6,8-9H,(H2,17,18). The van der Waals surface area contributed by atoms with E-state index in [1.165, 1.54) is 0 Å². The molecule has 18 heavy (non-hydrogen) atoms. The molecule has 0 fully saturated rings. The Balaban J connectivity index is 2.49. The third kappa shape index (κ3) is 2.99. The second-order valence-electron chi connectivity index (χ2n) is 3.67. The summed E-state index contributed by atoms with van der Waals surface area (Å²) in [6.45, 7) is 0. The Labute approximate surface area is 114 Å². The van der Waals surface area contributed by atoms with Crippen LogP contribution in [0.5, 0.6) is 0 Å². The zero-order chi connectivity index (χ0) is 13.0. The first-order valence-corrected chi connectivity index (χ1v) is 6.12. The number of halogens is 1. The van der Waals surface area contributed by atoms with Crippen LogP contribution < -0.4 is 5.73 Å². The molecule has 0 bridgehead atoms. The summed E-state index contributed by atoms with van der Waals surface area (Å²) in [5, 5.41) is 0. The zero-order valence-electron chi connectivity index (χ0n) is 9.48. The van der Waals surface area contributed by atoms with Gasteiger partial charge in [0, 0.05) is 16.0 Å². The lowest BCUT2D eigenvalue weighted by Crippen LogP contribution is -2.06. The number of amides is 1. The topological polar surface area (TPSA) is 43.1 Å². The Kier molecular flexibility index (Phi) is 3.81. The Bertz CT molecular complexity index is 636. The monoisotopic (exact) mass is 299 g/mol. The van der Waals surface area contributed by atoms with Crippen LogP contribution in [0.15, 0.2) is 53.0 Å². The molecule has 2 nitrogen and oxygen atoms in total. The number of carbonyl (C=O) groups is 1. The second kappa shape index (κ2) is 5.52. The number of benzene rings is 2. The van der Waals surface area contributed by atoms with Gasteiger partial charge in [-0.15, -0.1) is 0 Å². The summed E-state index contributed by atoms with van der Waals surface area (Å²) >= 11 is 3.40. The molecule has 1 amide bonds. The largest absolute Gasteiger partial charge is 0.359 e. The van der Waals surface area contributed by atoms with E-state index in [4.69, 9.17) is 5.73 Å². The lowest BCUT2D eigenvalue weighted by molar-refractivity contribution is -0.112. The van der Waals surface area contributed by atoms with Crippen molar-refractivity contribution in [1.29, 1.82) is 0 Å². The van der Waals surface area contributed by atoms with Gasteiger partial charge in [0.2, 0.25) is 0 Å². The lowest BCUT2D eigenvalue weighted by Gasteiger charge is -2.04. The van der Waals surface area contributed by atoms with Gasteiger partial charge in [0.1, 0.15) is 0 Å². The summed E-state index contributed by atoms with van der Waals surface area (Å²) in [5.41, 5.74) is 7.85. The Morgan fingerprint density at radius 1 is 1.06 bits per heavy atom. The summed E-state index contributed by atoms with van der Waals surface area (Å²) in [5.74, 6) is 4.53. The Morgan fingerprint density at radius 3 is 2.39 bits per heavy atom. The molecule has 0 heterocycles. The average Bonchev–Trinajstić information content (AvgIpc) is 2.38. The summed E-state index contributed by atoms with van der Waals surface area (Å²) < 4.78 is 1.02. The molecule has 0 aliphatic heterocycles. The summed E-state index contributed by atoms with van der Waals surface area (Å²) in [7, 11) is 0. The molecule has 0 saturated heterocycles. The number of hydrogen-bond acceptors (Lipinski definition) is 1. The van der Waals surface area contributed by atoms with E-state index in [-0.39, 0.29) is 0 Å². The maximum atomic E-state index is 10.7. The average molecular weight is 300 g/mol. The van der Waals surface area contributed by atoms with Crippen LogP contribution in [0.3, 0.4) is 0 Å². The SMILES string of the molecule is NC(=O)C#Cc1ccccc1-c1ccc(Br)cc1. The lowest BCUT2D eigenvalue weighted by atomic mass is 10.0. The molecule has 88 valence electrons. The van der Waals surface area contributed by atoms with Gasteiger partial charge >= 0.3 is 0 Å². The molecule has 0 aliphatic rings. The highest BCUT2D eigenvalue weighted by molar-refractivity contribution is 9.10. The third-order valence-electron chi connectivity index (χ3n) is 2.40. The second-order valence-corrected chi connectivity index (χ2v) is 4.58. The van der Waals surface area contributed by atoms with E-state index in [0.29, 0.717) is 0 Å². The van der Waals surface area contributed by atoms with Crippen LogP contribution in [-0.2, 0) is 4.79 Å². The van der Waals surface area contributed by atoms with Gasteiger partial charge in [-0.25, -0.2) is 0 Å². The molecule has 0 unspecified atom stereocenters. The highest BCUT2D eigenvalue weighted by Crippen LogP contribution is 2.24. The van der Waals surface area contributed by atoms with Gasteiger partial charge in [-0.05, 0) is 29.3 Å². The minimum atomic E-state index is -0.624. The predicted molar refractivity (Wildman–Crippen MR) is 75.7 cm³/mol. The van der Waals surface area contributed by atoms with Crippen molar-refractivity contribution in [3.05, 3.63) is 58.6 Å². The van der Waals surface area contributed by atoms with E-state index in [1.54, 1.807) is 0 Å². The van der Waals surface area contributed by atoms with Gasteiger partial charge in [-0.3, -0.25) is 4.79 Å². The van der Waals surface area contributed by atoms with Gasteiger partial charge in [0.15, 0.2) is 0 Å². The van der Waals surface area contributed by atoms with Crippen molar-refractivity contribution in [1.82, 2.24) is 0 Å². The van der Waals surface area contributed by atoms with Crippen LogP contribution in [0.2, 0.25) is 0 Å². The first-order valence-electron chi connectivity index (χ1n) is 5.33. The molecule has 2 rings (SSSR count). The molecule has 2 N–H and O–H groups in total. The van der Waals surface area contributed by atoms with E-state index >= 15 is 0 Å². The van der Waals surface area contributed by atoms with Gasteiger partial charge in [-0.1, -0.05) is 52.2 Å². The smallest absolute Gasteiger partial charge is 0.293 e. The van der Waals surface area contributed by atoms with E-state index in [2.05, 4.69) is 27.8 Å². The van der Waals surface area contributed by atoms with Crippen LogP contribution in [0.4, 0.5) is 0 Å². The number of nitrogens with two attached hydrogens (primary N) is 1. The van der Waals surface area contributed by atoms with Gasteiger partial charge in [0.05, 0.1) is 0 Å². The predicted octanol–water partition coefficient (Wildman–Crippen LogP) is 2.95. The number of hydrogen-bond donors (Lipinski definition) is 1. The van der Waals surface area contributed by atoms with Crippen molar-refractivity contribution in [2.24, 2.45) is 5.73 Å². The van der Waals surface area contributed by atoms with E-state index in [1.807, 2.05) is 48.5 Å². The molecular formula is C15H10BrNO. The Hall–Kier alpha value is -2.05. The van der Waals surface area contributed by atoms with Gasteiger partial charge in [0.25, 0.3) is 5.91 Å². The zero-order valence-corrected chi connectivity index (χ0v) is 11.1. The first kappa shape index (κ1) is 12.4. The fourth-order valence-corrected chi connectivity index (χ4v) is 1.87. The van der Waals surface area contributed by atoms with Crippen molar-refractivity contribution in [2.75, 3.05) is 0 Å². The quantitative estimate of drug-likeness (QED) is 0.808. The summed E-state index contributed by atoms with van der Waals surface area (Å²) in [4.78, 5) is 10.7. The van der Waals surface area contributed by atoms with Crippen LogP contribution in [0.1, 0.15) is 5.56 Å². The van der Waals surface area contributed by atoms with Crippen LogP contribution in [0.25, 0.3) is 11.1 Å². The molecule has 0 atom stereocenters. The van der Waals surface area contributed by atoms with Gasteiger partial charge < -0.3 is 5.73 Å². The number of rotatable bonds is 1. The van der Waals surface area contributed by atoms with Gasteiger partial charge in [-0.2, -0.15) is 0 Å². The van der Waals surface area contributed by atoms with Crippen LogP contribution >= 0.6 is 15.9 Å². The fraction of sp³-hybridized carbons (Fsp3) is 0. The van der Waals surface area contributed by atoms with Crippen LogP contribution in [0, 0.1) is 11.8 Å². The minimum absolute atomic E-state index is 0.624. The fourth-order valence-electron chi connectivity index (χ4n) is 1.60. The third-order valence-corrected chi connectivity index (χ3v) is 2.93. The maximum absolute atomic E-state index is 10.7. The van der Waals surface area contributed by atoms with Crippen molar-refractivity contribution in [3.63, 3.8) is 0 Å². The molecule has 0 saturated carbocycles. The van der Waals surface area contributed by atoms with Crippen molar-refractivity contribution >= 4 is 21.8 Å². The molecular weight excluding hydrogens is 290 g/mol. The van der Waals surface area contributed by atoms with Crippen molar-refractivity contribution < 1.29 is 4.79 Å². The number of primary amides is 1. The van der Waals surface area contributed by atoms with E-state index in [0.717, 1.165) is 21.2 Å². The Morgan fingerprint density at radius 2 is 1.72 bits per heavy atom. The molecule has 3 heteroatoms. The normalized spacial score (nSPS) is 9.39. The molecule has 0 aromatic heterocycles. The molecule has 0 spiro atoms. The number of carbonyl (C=O) groups excluding carboxylic acids is 1. The molecule has 0 aliphatic carbocycles. The molecule has 2 aromatic carbocycles. The molecule has 2 aromatic rings. The van der Waals surface area contributed by atoms with E-state index < -0.39 is 5.91 Å². The summed E-state index contributed by atoms with van der Waals surface area (Å²) in [6, 6.07) is 15.6. The maximum Gasteiger partial charge on any atom is 0.293 e.